The molecule has 0 unspecified atom stereocenters. The van der Waals surface area contributed by atoms with E-state index < -0.39 is 12.1 Å². The van der Waals surface area contributed by atoms with Crippen LogP contribution in [-0.4, -0.2) is 70.5 Å². The van der Waals surface area contributed by atoms with E-state index in [4.69, 9.17) is 0 Å². The Morgan fingerprint density at radius 3 is 1.97 bits per heavy atom. The lowest BCUT2D eigenvalue weighted by atomic mass is 9.96. The van der Waals surface area contributed by atoms with E-state index in [-0.39, 0.29) is 36.7 Å². The number of nitrogens with zero attached hydrogens (tertiary/aromatic N) is 3. The monoisotopic (exact) mass is 447 g/mol. The summed E-state index contributed by atoms with van der Waals surface area (Å²) in [5.74, 6) is -0.943. The predicted octanol–water partition coefficient (Wildman–Crippen LogP) is 2.75. The standard InChI is InChI=1S/C26H29N3O4/c1-3-4-14-21-26(33)28(22(25(32)27(21)2)17-18-10-6-5-7-11-18)15-16-29-23(30)19-12-8-9-13-20(19)24(29)31/h5-13,21-22H,3-4,14-17H2,1-2H3/t21-,22-/m0/s1. The molecule has 0 radical (unpaired) electrons. The highest BCUT2D eigenvalue weighted by Gasteiger charge is 2.44. The molecule has 0 saturated carbocycles. The summed E-state index contributed by atoms with van der Waals surface area (Å²) >= 11 is 0. The fourth-order valence-corrected chi connectivity index (χ4v) is 4.70. The molecule has 0 bridgehead atoms. The number of hydrogen-bond acceptors (Lipinski definition) is 4. The molecule has 2 aliphatic heterocycles. The summed E-state index contributed by atoms with van der Waals surface area (Å²) in [4.78, 5) is 56.8. The van der Waals surface area contributed by atoms with Crippen LogP contribution >= 0.6 is 0 Å². The second kappa shape index (κ2) is 9.57. The number of likely N-dealkylation sites (N-methyl/N-ethyl adjacent to an activating group) is 1. The number of carbonyl (C=O) groups excluding carboxylic acids is 4. The number of unbranched alkanes of at least 4 members (excludes halogenated alkanes) is 1. The van der Waals surface area contributed by atoms with Gasteiger partial charge >= 0.3 is 0 Å². The lowest BCUT2D eigenvalue weighted by Crippen LogP contribution is -2.65. The largest absolute Gasteiger partial charge is 0.332 e. The zero-order valence-corrected chi connectivity index (χ0v) is 19.1. The average molecular weight is 448 g/mol. The third-order valence-corrected chi connectivity index (χ3v) is 6.59. The summed E-state index contributed by atoms with van der Waals surface area (Å²) in [7, 11) is 1.69. The van der Waals surface area contributed by atoms with Crippen LogP contribution in [0.2, 0.25) is 0 Å². The maximum Gasteiger partial charge on any atom is 0.261 e. The van der Waals surface area contributed by atoms with Gasteiger partial charge in [-0.05, 0) is 24.1 Å². The molecule has 2 aromatic carbocycles. The first-order valence-electron chi connectivity index (χ1n) is 11.5. The van der Waals surface area contributed by atoms with Crippen LogP contribution in [0.15, 0.2) is 54.6 Å². The lowest BCUT2D eigenvalue weighted by molar-refractivity contribution is -0.160. The summed E-state index contributed by atoms with van der Waals surface area (Å²) in [6.07, 6.45) is 2.75. The molecule has 0 aromatic heterocycles. The van der Waals surface area contributed by atoms with Crippen LogP contribution in [0.4, 0.5) is 0 Å². The molecule has 1 fully saturated rings. The van der Waals surface area contributed by atoms with Crippen molar-refractivity contribution in [1.82, 2.24) is 14.7 Å². The van der Waals surface area contributed by atoms with E-state index in [1.165, 1.54) is 4.90 Å². The summed E-state index contributed by atoms with van der Waals surface area (Å²) in [6.45, 7) is 2.23. The van der Waals surface area contributed by atoms with Crippen molar-refractivity contribution >= 4 is 23.6 Å². The maximum absolute atomic E-state index is 13.5. The van der Waals surface area contributed by atoms with Crippen molar-refractivity contribution in [2.24, 2.45) is 0 Å². The molecule has 7 heteroatoms. The number of carbonyl (C=O) groups is 4. The molecular formula is C26H29N3O4. The molecule has 2 aromatic rings. The third kappa shape index (κ3) is 4.27. The first-order chi connectivity index (χ1) is 15.9. The van der Waals surface area contributed by atoms with Gasteiger partial charge < -0.3 is 9.80 Å². The second-order valence-electron chi connectivity index (χ2n) is 8.65. The minimum Gasteiger partial charge on any atom is -0.332 e. The Balaban J connectivity index is 1.57. The molecule has 172 valence electrons. The fraction of sp³-hybridized carbons (Fsp3) is 0.385. The normalized spacial score (nSPS) is 20.6. The number of imide groups is 1. The molecule has 4 amide bonds. The lowest BCUT2D eigenvalue weighted by Gasteiger charge is -2.44. The maximum atomic E-state index is 13.5. The van der Waals surface area contributed by atoms with Gasteiger partial charge in [-0.15, -0.1) is 0 Å². The zero-order valence-electron chi connectivity index (χ0n) is 19.1. The highest BCUT2D eigenvalue weighted by molar-refractivity contribution is 6.21. The summed E-state index contributed by atoms with van der Waals surface area (Å²) in [6, 6.07) is 15.1. The predicted molar refractivity (Wildman–Crippen MR) is 124 cm³/mol. The van der Waals surface area contributed by atoms with Gasteiger partial charge in [-0.2, -0.15) is 0 Å². The minimum absolute atomic E-state index is 0.0564. The van der Waals surface area contributed by atoms with Crippen LogP contribution in [0, 0.1) is 0 Å². The molecule has 2 atom stereocenters. The number of fused-ring (bicyclic) bond motifs is 1. The number of rotatable bonds is 8. The van der Waals surface area contributed by atoms with Crippen LogP contribution in [0.5, 0.6) is 0 Å². The first kappa shape index (κ1) is 22.7. The Labute approximate surface area is 194 Å². The van der Waals surface area contributed by atoms with E-state index in [1.54, 1.807) is 41.1 Å². The van der Waals surface area contributed by atoms with Crippen LogP contribution in [-0.2, 0) is 16.0 Å². The van der Waals surface area contributed by atoms with Gasteiger partial charge in [0, 0.05) is 26.6 Å². The van der Waals surface area contributed by atoms with Gasteiger partial charge in [0.2, 0.25) is 11.8 Å². The Kier molecular flexibility index (Phi) is 6.58. The van der Waals surface area contributed by atoms with Gasteiger partial charge in [-0.25, -0.2) is 0 Å². The van der Waals surface area contributed by atoms with Crippen LogP contribution in [0.1, 0.15) is 52.5 Å². The molecule has 7 nitrogen and oxygen atoms in total. The summed E-state index contributed by atoms with van der Waals surface area (Å²) in [5.41, 5.74) is 1.71. The number of amides is 4. The molecule has 2 aliphatic rings. The second-order valence-corrected chi connectivity index (χ2v) is 8.65. The quantitative estimate of drug-likeness (QED) is 0.583. The number of piperazine rings is 1. The minimum atomic E-state index is -0.669. The van der Waals surface area contributed by atoms with E-state index in [2.05, 4.69) is 0 Å². The van der Waals surface area contributed by atoms with Crippen molar-refractivity contribution in [2.75, 3.05) is 20.1 Å². The zero-order chi connectivity index (χ0) is 23.5. The van der Waals surface area contributed by atoms with Crippen molar-refractivity contribution in [3.63, 3.8) is 0 Å². The van der Waals surface area contributed by atoms with E-state index in [9.17, 15) is 19.2 Å². The molecule has 1 saturated heterocycles. The summed E-state index contributed by atoms with van der Waals surface area (Å²) in [5, 5.41) is 0. The molecule has 0 spiro atoms. The number of hydrogen-bond donors (Lipinski definition) is 0. The highest BCUT2D eigenvalue weighted by Crippen LogP contribution is 2.26. The SMILES string of the molecule is CCCC[C@H]1C(=O)N(CCN2C(=O)c3ccccc3C2=O)[C@@H](Cc2ccccc2)C(=O)N1C. The molecule has 4 rings (SSSR count). The Hall–Kier alpha value is -3.48. The van der Waals surface area contributed by atoms with Crippen molar-refractivity contribution in [3.05, 3.63) is 71.3 Å². The van der Waals surface area contributed by atoms with Crippen LogP contribution < -0.4 is 0 Å². The number of benzene rings is 2. The Morgan fingerprint density at radius 1 is 0.758 bits per heavy atom. The van der Waals surface area contributed by atoms with Gasteiger partial charge in [-0.1, -0.05) is 62.2 Å². The smallest absolute Gasteiger partial charge is 0.261 e. The van der Waals surface area contributed by atoms with Gasteiger partial charge in [0.1, 0.15) is 12.1 Å². The molecule has 0 N–H and O–H groups in total. The van der Waals surface area contributed by atoms with Gasteiger partial charge in [0.25, 0.3) is 11.8 Å². The van der Waals surface area contributed by atoms with E-state index >= 15 is 0 Å². The summed E-state index contributed by atoms with van der Waals surface area (Å²) < 4.78 is 0. The Bertz CT molecular complexity index is 1030. The third-order valence-electron chi connectivity index (χ3n) is 6.59. The van der Waals surface area contributed by atoms with E-state index in [1.807, 2.05) is 37.3 Å². The van der Waals surface area contributed by atoms with Crippen LogP contribution in [0.25, 0.3) is 0 Å². The molecule has 0 aliphatic carbocycles. The van der Waals surface area contributed by atoms with E-state index in [0.29, 0.717) is 24.0 Å². The van der Waals surface area contributed by atoms with Gasteiger partial charge in [0.05, 0.1) is 11.1 Å². The van der Waals surface area contributed by atoms with Gasteiger partial charge in [-0.3, -0.25) is 24.1 Å². The van der Waals surface area contributed by atoms with Crippen molar-refractivity contribution < 1.29 is 19.2 Å². The van der Waals surface area contributed by atoms with Gasteiger partial charge in [0.15, 0.2) is 0 Å². The van der Waals surface area contributed by atoms with Crippen molar-refractivity contribution in [1.29, 1.82) is 0 Å². The van der Waals surface area contributed by atoms with Crippen molar-refractivity contribution in [2.45, 2.75) is 44.7 Å². The molecular weight excluding hydrogens is 418 g/mol. The highest BCUT2D eigenvalue weighted by atomic mass is 16.2. The van der Waals surface area contributed by atoms with E-state index in [0.717, 1.165) is 18.4 Å². The molecule has 2 heterocycles. The average Bonchev–Trinajstić information content (AvgIpc) is 3.07. The van der Waals surface area contributed by atoms with Crippen molar-refractivity contribution in [3.8, 4) is 0 Å². The fourth-order valence-electron chi connectivity index (χ4n) is 4.70. The Morgan fingerprint density at radius 2 is 1.36 bits per heavy atom. The molecule has 33 heavy (non-hydrogen) atoms. The van der Waals surface area contributed by atoms with Crippen LogP contribution in [0.3, 0.4) is 0 Å². The topological polar surface area (TPSA) is 78.0 Å². The first-order valence-corrected chi connectivity index (χ1v) is 11.5.